The number of benzene rings is 2. The average Bonchev–Trinajstić information content (AvgIpc) is 2.60. The third-order valence-electron chi connectivity index (χ3n) is 3.34. The molecule has 0 saturated carbocycles. The van der Waals surface area contributed by atoms with Crippen molar-refractivity contribution in [3.05, 3.63) is 71.3 Å². The van der Waals surface area contributed by atoms with Gasteiger partial charge in [0.2, 0.25) is 0 Å². The Morgan fingerprint density at radius 3 is 2.40 bits per heavy atom. The van der Waals surface area contributed by atoms with Crippen LogP contribution in [-0.2, 0) is 22.1 Å². The minimum Gasteiger partial charge on any atom is -0.452 e. The molecule has 0 fully saturated rings. The molecule has 1 N–H and O–H groups in total. The lowest BCUT2D eigenvalue weighted by molar-refractivity contribution is -0.137. The smallest absolute Gasteiger partial charge is 0.416 e. The number of nitrogens with one attached hydrogen (secondary N) is 1. The Bertz CT molecular complexity index is 730. The summed E-state index contributed by atoms with van der Waals surface area (Å²) in [6, 6.07) is 13.3. The Labute approximate surface area is 142 Å². The van der Waals surface area contributed by atoms with Crippen LogP contribution in [0.15, 0.2) is 54.6 Å². The van der Waals surface area contributed by atoms with Gasteiger partial charge in [-0.1, -0.05) is 36.4 Å². The van der Waals surface area contributed by atoms with Crippen LogP contribution in [0.3, 0.4) is 0 Å². The molecule has 132 valence electrons. The number of ether oxygens (including phenoxy) is 1. The largest absolute Gasteiger partial charge is 0.452 e. The van der Waals surface area contributed by atoms with E-state index in [1.807, 2.05) is 30.3 Å². The molecule has 0 bridgehead atoms. The molecule has 0 radical (unpaired) electrons. The topological polar surface area (TPSA) is 55.4 Å². The summed E-state index contributed by atoms with van der Waals surface area (Å²) >= 11 is 0. The molecule has 2 aromatic carbocycles. The van der Waals surface area contributed by atoms with Gasteiger partial charge >= 0.3 is 12.1 Å². The minimum atomic E-state index is -4.55. The summed E-state index contributed by atoms with van der Waals surface area (Å²) in [5, 5.41) is 2.58. The maximum atomic E-state index is 12.6. The molecule has 0 aliphatic carbocycles. The van der Waals surface area contributed by atoms with E-state index < -0.39 is 30.2 Å². The van der Waals surface area contributed by atoms with E-state index in [-0.39, 0.29) is 5.56 Å². The Hall–Kier alpha value is -2.83. The van der Waals surface area contributed by atoms with E-state index in [0.29, 0.717) is 19.0 Å². The molecule has 2 rings (SSSR count). The minimum absolute atomic E-state index is 0.257. The van der Waals surface area contributed by atoms with Crippen LogP contribution in [0.5, 0.6) is 0 Å². The van der Waals surface area contributed by atoms with Crippen LogP contribution in [-0.4, -0.2) is 25.0 Å². The molecule has 1 amide bonds. The average molecular weight is 351 g/mol. The first-order valence-electron chi connectivity index (χ1n) is 7.51. The van der Waals surface area contributed by atoms with E-state index in [0.717, 1.165) is 17.7 Å². The number of carbonyl (C=O) groups excluding carboxylic acids is 2. The number of carbonyl (C=O) groups is 2. The van der Waals surface area contributed by atoms with Crippen LogP contribution in [0.2, 0.25) is 0 Å². The second-order valence-corrected chi connectivity index (χ2v) is 5.24. The van der Waals surface area contributed by atoms with Gasteiger partial charge in [-0.3, -0.25) is 4.79 Å². The van der Waals surface area contributed by atoms with Crippen molar-refractivity contribution < 1.29 is 27.5 Å². The maximum absolute atomic E-state index is 12.6. The Balaban J connectivity index is 1.78. The lowest BCUT2D eigenvalue weighted by atomic mass is 10.1. The first kappa shape index (κ1) is 18.5. The van der Waals surface area contributed by atoms with Crippen LogP contribution >= 0.6 is 0 Å². The highest BCUT2D eigenvalue weighted by atomic mass is 19.4. The highest BCUT2D eigenvalue weighted by molar-refractivity contribution is 5.91. The second-order valence-electron chi connectivity index (χ2n) is 5.24. The van der Waals surface area contributed by atoms with E-state index in [1.165, 1.54) is 6.07 Å². The van der Waals surface area contributed by atoms with E-state index in [4.69, 9.17) is 4.74 Å². The fourth-order valence-electron chi connectivity index (χ4n) is 2.08. The Kier molecular flexibility index (Phi) is 6.16. The molecule has 7 heteroatoms. The van der Waals surface area contributed by atoms with Crippen molar-refractivity contribution in [1.29, 1.82) is 0 Å². The predicted molar refractivity (Wildman–Crippen MR) is 84.9 cm³/mol. The summed E-state index contributed by atoms with van der Waals surface area (Å²) in [6.45, 7) is -0.187. The summed E-state index contributed by atoms with van der Waals surface area (Å²) in [7, 11) is 0. The molecule has 0 atom stereocenters. The van der Waals surface area contributed by atoms with E-state index in [1.54, 1.807) is 0 Å². The highest BCUT2D eigenvalue weighted by Crippen LogP contribution is 2.29. The van der Waals surface area contributed by atoms with Crippen molar-refractivity contribution >= 4 is 11.9 Å². The summed E-state index contributed by atoms with van der Waals surface area (Å²) in [4.78, 5) is 23.4. The normalized spacial score (nSPS) is 11.0. The summed E-state index contributed by atoms with van der Waals surface area (Å²) in [5.74, 6) is -1.50. The third-order valence-corrected chi connectivity index (χ3v) is 3.34. The van der Waals surface area contributed by atoms with Crippen LogP contribution < -0.4 is 5.32 Å². The first-order valence-corrected chi connectivity index (χ1v) is 7.51. The molecule has 25 heavy (non-hydrogen) atoms. The van der Waals surface area contributed by atoms with Gasteiger partial charge in [0.25, 0.3) is 5.91 Å². The van der Waals surface area contributed by atoms with Crippen molar-refractivity contribution in [2.45, 2.75) is 12.6 Å². The van der Waals surface area contributed by atoms with Crippen LogP contribution in [0.4, 0.5) is 13.2 Å². The quantitative estimate of drug-likeness (QED) is 0.813. The van der Waals surface area contributed by atoms with E-state index in [9.17, 15) is 22.8 Å². The Morgan fingerprint density at radius 1 is 1.00 bits per heavy atom. The predicted octanol–water partition coefficient (Wildman–Crippen LogP) is 3.22. The molecule has 0 aliphatic rings. The fraction of sp³-hybridized carbons (Fsp3) is 0.222. The van der Waals surface area contributed by atoms with Gasteiger partial charge in [-0.25, -0.2) is 4.79 Å². The van der Waals surface area contributed by atoms with Gasteiger partial charge in [0.05, 0.1) is 11.1 Å². The maximum Gasteiger partial charge on any atom is 0.416 e. The van der Waals surface area contributed by atoms with Crippen molar-refractivity contribution in [3.63, 3.8) is 0 Å². The van der Waals surface area contributed by atoms with Gasteiger partial charge in [0.1, 0.15) is 0 Å². The number of rotatable bonds is 6. The number of amides is 1. The number of alkyl halides is 3. The van der Waals surface area contributed by atoms with E-state index >= 15 is 0 Å². The molecule has 0 aromatic heterocycles. The van der Waals surface area contributed by atoms with Crippen LogP contribution in [0.25, 0.3) is 0 Å². The van der Waals surface area contributed by atoms with Crippen molar-refractivity contribution in [1.82, 2.24) is 5.32 Å². The summed E-state index contributed by atoms with van der Waals surface area (Å²) < 4.78 is 42.6. The zero-order chi connectivity index (χ0) is 18.3. The molecule has 0 heterocycles. The number of hydrogen-bond acceptors (Lipinski definition) is 3. The first-order chi connectivity index (χ1) is 11.9. The zero-order valence-electron chi connectivity index (χ0n) is 13.2. The van der Waals surface area contributed by atoms with E-state index in [2.05, 4.69) is 5.32 Å². The van der Waals surface area contributed by atoms with Gasteiger partial charge < -0.3 is 10.1 Å². The van der Waals surface area contributed by atoms with Gasteiger partial charge in [0, 0.05) is 6.54 Å². The van der Waals surface area contributed by atoms with Crippen molar-refractivity contribution in [3.8, 4) is 0 Å². The number of esters is 1. The van der Waals surface area contributed by atoms with Crippen molar-refractivity contribution in [2.24, 2.45) is 0 Å². The summed E-state index contributed by atoms with van der Waals surface area (Å²) in [5.41, 5.74) is -0.162. The lowest BCUT2D eigenvalue weighted by Crippen LogP contribution is -2.30. The fourth-order valence-corrected chi connectivity index (χ4v) is 2.08. The SMILES string of the molecule is O=C(COC(=O)c1cccc(C(F)(F)F)c1)NCCc1ccccc1. The zero-order valence-corrected chi connectivity index (χ0v) is 13.2. The molecule has 2 aromatic rings. The Morgan fingerprint density at radius 2 is 1.72 bits per heavy atom. The van der Waals surface area contributed by atoms with Crippen molar-refractivity contribution in [2.75, 3.05) is 13.2 Å². The highest BCUT2D eigenvalue weighted by Gasteiger charge is 2.31. The van der Waals surface area contributed by atoms with Gasteiger partial charge in [-0.15, -0.1) is 0 Å². The van der Waals surface area contributed by atoms with Crippen LogP contribution in [0.1, 0.15) is 21.5 Å². The number of halogens is 3. The van der Waals surface area contributed by atoms with Gasteiger partial charge in [0.15, 0.2) is 6.61 Å². The molecular formula is C18H16F3NO3. The van der Waals surface area contributed by atoms with Gasteiger partial charge in [-0.2, -0.15) is 13.2 Å². The summed E-state index contributed by atoms with van der Waals surface area (Å²) in [6.07, 6.45) is -3.93. The molecule has 0 saturated heterocycles. The number of hydrogen-bond donors (Lipinski definition) is 1. The monoisotopic (exact) mass is 351 g/mol. The lowest BCUT2D eigenvalue weighted by Gasteiger charge is -2.09. The molecule has 4 nitrogen and oxygen atoms in total. The molecular weight excluding hydrogens is 335 g/mol. The van der Waals surface area contributed by atoms with Gasteiger partial charge in [-0.05, 0) is 30.2 Å². The third kappa shape index (κ3) is 5.95. The van der Waals surface area contributed by atoms with Crippen LogP contribution in [0, 0.1) is 0 Å². The molecule has 0 unspecified atom stereocenters. The molecule has 0 aliphatic heterocycles. The second kappa shape index (κ2) is 8.32. The standard InChI is InChI=1S/C18H16F3NO3/c19-18(20,21)15-8-4-7-14(11-15)17(24)25-12-16(23)22-10-9-13-5-2-1-3-6-13/h1-8,11H,9-10,12H2,(H,22,23). The molecule has 0 spiro atoms.